The van der Waals surface area contributed by atoms with Gasteiger partial charge < -0.3 is 5.73 Å². The summed E-state index contributed by atoms with van der Waals surface area (Å²) in [6.07, 6.45) is 3.07. The summed E-state index contributed by atoms with van der Waals surface area (Å²) < 4.78 is 16.3. The van der Waals surface area contributed by atoms with E-state index in [0.29, 0.717) is 28.4 Å². The second-order valence-corrected chi connectivity index (χ2v) is 5.09. The standard InChI is InChI=1S/C15H12FN7/c1-9-6-13(17)23(21-9)15-12-7-20-22(14(12)18-8-19-15)11-4-2-10(16)3-5-11/h2-8H,17H2,1H3. The second-order valence-electron chi connectivity index (χ2n) is 5.09. The van der Waals surface area contributed by atoms with Gasteiger partial charge in [0.2, 0.25) is 0 Å². The molecule has 0 atom stereocenters. The summed E-state index contributed by atoms with van der Waals surface area (Å²) in [5, 5.41) is 9.37. The van der Waals surface area contributed by atoms with Gasteiger partial charge in [-0.15, -0.1) is 0 Å². The SMILES string of the molecule is Cc1cc(N)n(-c2ncnc3c2cnn3-c2ccc(F)cc2)n1. The Balaban J connectivity index is 1.93. The summed E-state index contributed by atoms with van der Waals surface area (Å²) in [5.41, 5.74) is 8.06. The number of nitrogen functional groups attached to an aromatic ring is 1. The van der Waals surface area contributed by atoms with Crippen LogP contribution >= 0.6 is 0 Å². The molecule has 0 saturated carbocycles. The largest absolute Gasteiger partial charge is 0.384 e. The fourth-order valence-corrected chi connectivity index (χ4v) is 2.46. The van der Waals surface area contributed by atoms with Crippen molar-refractivity contribution in [2.24, 2.45) is 0 Å². The third-order valence-electron chi connectivity index (χ3n) is 3.48. The van der Waals surface area contributed by atoms with Crippen LogP contribution in [0.3, 0.4) is 0 Å². The molecule has 0 aliphatic carbocycles. The molecule has 0 aliphatic heterocycles. The number of nitrogens with zero attached hydrogens (tertiary/aromatic N) is 6. The van der Waals surface area contributed by atoms with Crippen LogP contribution in [0.4, 0.5) is 10.2 Å². The van der Waals surface area contributed by atoms with Gasteiger partial charge in [-0.3, -0.25) is 0 Å². The third-order valence-corrected chi connectivity index (χ3v) is 3.48. The van der Waals surface area contributed by atoms with Crippen molar-refractivity contribution >= 4 is 16.9 Å². The lowest BCUT2D eigenvalue weighted by Crippen LogP contribution is -2.05. The van der Waals surface area contributed by atoms with Crippen molar-refractivity contribution < 1.29 is 4.39 Å². The number of rotatable bonds is 2. The van der Waals surface area contributed by atoms with Gasteiger partial charge in [-0.05, 0) is 31.2 Å². The number of hydrogen-bond acceptors (Lipinski definition) is 5. The van der Waals surface area contributed by atoms with Crippen molar-refractivity contribution in [1.82, 2.24) is 29.5 Å². The zero-order chi connectivity index (χ0) is 16.0. The van der Waals surface area contributed by atoms with Crippen LogP contribution in [-0.2, 0) is 0 Å². The number of anilines is 1. The highest BCUT2D eigenvalue weighted by molar-refractivity contribution is 5.83. The fourth-order valence-electron chi connectivity index (χ4n) is 2.46. The molecule has 0 spiro atoms. The molecule has 3 aromatic heterocycles. The number of hydrogen-bond donors (Lipinski definition) is 1. The van der Waals surface area contributed by atoms with Crippen LogP contribution in [0.5, 0.6) is 0 Å². The van der Waals surface area contributed by atoms with E-state index in [1.165, 1.54) is 18.5 Å². The summed E-state index contributed by atoms with van der Waals surface area (Å²) in [4.78, 5) is 8.54. The molecule has 0 saturated heterocycles. The Morgan fingerprint density at radius 1 is 1.09 bits per heavy atom. The molecular formula is C15H12FN7. The average molecular weight is 309 g/mol. The molecule has 1 aromatic carbocycles. The number of nitrogens with two attached hydrogens (primary N) is 1. The van der Waals surface area contributed by atoms with Gasteiger partial charge >= 0.3 is 0 Å². The minimum Gasteiger partial charge on any atom is -0.384 e. The van der Waals surface area contributed by atoms with E-state index in [1.54, 1.807) is 33.8 Å². The van der Waals surface area contributed by atoms with Gasteiger partial charge in [0.15, 0.2) is 11.5 Å². The Morgan fingerprint density at radius 3 is 2.57 bits per heavy atom. The molecule has 0 fully saturated rings. The van der Waals surface area contributed by atoms with E-state index < -0.39 is 0 Å². The maximum atomic E-state index is 13.1. The van der Waals surface area contributed by atoms with E-state index in [0.717, 1.165) is 5.69 Å². The first-order chi connectivity index (χ1) is 11.1. The first kappa shape index (κ1) is 13.4. The fraction of sp³-hybridized carbons (Fsp3) is 0.0667. The quantitative estimate of drug-likeness (QED) is 0.612. The molecule has 3 heterocycles. The average Bonchev–Trinajstić information content (AvgIpc) is 3.11. The molecular weight excluding hydrogens is 297 g/mol. The van der Waals surface area contributed by atoms with E-state index >= 15 is 0 Å². The molecule has 4 aromatic rings. The van der Waals surface area contributed by atoms with E-state index in [1.807, 2.05) is 6.92 Å². The number of benzene rings is 1. The van der Waals surface area contributed by atoms with Gasteiger partial charge in [0.1, 0.15) is 18.0 Å². The summed E-state index contributed by atoms with van der Waals surface area (Å²) in [5.74, 6) is 0.728. The highest BCUT2D eigenvalue weighted by Crippen LogP contribution is 2.22. The number of halogens is 1. The Bertz CT molecular complexity index is 1000. The Kier molecular flexibility index (Phi) is 2.83. The van der Waals surface area contributed by atoms with Crippen molar-refractivity contribution in [2.75, 3.05) is 5.73 Å². The minimum absolute atomic E-state index is 0.305. The highest BCUT2D eigenvalue weighted by Gasteiger charge is 2.15. The molecule has 23 heavy (non-hydrogen) atoms. The Hall–Kier alpha value is -3.29. The summed E-state index contributed by atoms with van der Waals surface area (Å²) in [7, 11) is 0. The van der Waals surface area contributed by atoms with Gasteiger partial charge in [-0.1, -0.05) is 0 Å². The van der Waals surface area contributed by atoms with E-state index in [2.05, 4.69) is 20.2 Å². The number of fused-ring (bicyclic) bond motifs is 1. The number of aromatic nitrogens is 6. The van der Waals surface area contributed by atoms with E-state index in [4.69, 9.17) is 5.73 Å². The van der Waals surface area contributed by atoms with Gasteiger partial charge in [-0.2, -0.15) is 14.9 Å². The Labute approximate surface area is 130 Å². The Morgan fingerprint density at radius 2 is 1.87 bits per heavy atom. The summed E-state index contributed by atoms with van der Waals surface area (Å²) in [6, 6.07) is 7.78. The topological polar surface area (TPSA) is 87.4 Å². The van der Waals surface area contributed by atoms with Gasteiger partial charge in [0.25, 0.3) is 0 Å². The smallest absolute Gasteiger partial charge is 0.170 e. The van der Waals surface area contributed by atoms with E-state index in [-0.39, 0.29) is 5.82 Å². The van der Waals surface area contributed by atoms with Crippen molar-refractivity contribution in [3.05, 3.63) is 54.4 Å². The van der Waals surface area contributed by atoms with Crippen molar-refractivity contribution in [3.63, 3.8) is 0 Å². The molecule has 0 amide bonds. The van der Waals surface area contributed by atoms with Crippen LogP contribution in [-0.4, -0.2) is 29.5 Å². The summed E-state index contributed by atoms with van der Waals surface area (Å²) >= 11 is 0. The number of aryl methyl sites for hydroxylation is 1. The van der Waals surface area contributed by atoms with Crippen LogP contribution in [0.15, 0.2) is 42.9 Å². The summed E-state index contributed by atoms with van der Waals surface area (Å²) in [6.45, 7) is 1.85. The minimum atomic E-state index is -0.305. The predicted octanol–water partition coefficient (Wildman–Crippen LogP) is 2.03. The van der Waals surface area contributed by atoms with Crippen LogP contribution in [0.25, 0.3) is 22.5 Å². The third kappa shape index (κ3) is 2.11. The molecule has 4 rings (SSSR count). The molecule has 0 aliphatic rings. The van der Waals surface area contributed by atoms with Crippen LogP contribution in [0.1, 0.15) is 5.69 Å². The molecule has 8 heteroatoms. The predicted molar refractivity (Wildman–Crippen MR) is 82.9 cm³/mol. The second kappa shape index (κ2) is 4.87. The van der Waals surface area contributed by atoms with Gasteiger partial charge in [-0.25, -0.2) is 19.0 Å². The lowest BCUT2D eigenvalue weighted by Gasteiger charge is -2.05. The van der Waals surface area contributed by atoms with E-state index in [9.17, 15) is 4.39 Å². The first-order valence-electron chi connectivity index (χ1n) is 6.90. The van der Waals surface area contributed by atoms with Gasteiger partial charge in [0.05, 0.1) is 23.0 Å². The van der Waals surface area contributed by atoms with Crippen molar-refractivity contribution in [1.29, 1.82) is 0 Å². The zero-order valence-corrected chi connectivity index (χ0v) is 12.2. The molecule has 0 radical (unpaired) electrons. The van der Waals surface area contributed by atoms with Crippen LogP contribution in [0.2, 0.25) is 0 Å². The lowest BCUT2D eigenvalue weighted by molar-refractivity contribution is 0.627. The van der Waals surface area contributed by atoms with Gasteiger partial charge in [0, 0.05) is 6.07 Å². The maximum Gasteiger partial charge on any atom is 0.170 e. The van der Waals surface area contributed by atoms with Crippen molar-refractivity contribution in [3.8, 4) is 11.5 Å². The lowest BCUT2D eigenvalue weighted by atomic mass is 10.3. The van der Waals surface area contributed by atoms with Crippen molar-refractivity contribution in [2.45, 2.75) is 6.92 Å². The first-order valence-corrected chi connectivity index (χ1v) is 6.90. The zero-order valence-electron chi connectivity index (χ0n) is 12.2. The highest BCUT2D eigenvalue weighted by atomic mass is 19.1. The van der Waals surface area contributed by atoms with Crippen LogP contribution < -0.4 is 5.73 Å². The maximum absolute atomic E-state index is 13.1. The molecule has 7 nitrogen and oxygen atoms in total. The normalized spacial score (nSPS) is 11.2. The molecule has 0 unspecified atom stereocenters. The molecule has 114 valence electrons. The van der Waals surface area contributed by atoms with Crippen LogP contribution in [0, 0.1) is 12.7 Å². The molecule has 2 N–H and O–H groups in total. The monoisotopic (exact) mass is 309 g/mol. The molecule has 0 bridgehead atoms.